The molecular weight excluding hydrogens is 438 g/mol. The summed E-state index contributed by atoms with van der Waals surface area (Å²) in [5.41, 5.74) is 1.28. The Labute approximate surface area is 189 Å². The number of sulfonamides is 1. The van der Waals surface area contributed by atoms with Crippen molar-refractivity contribution in [3.63, 3.8) is 0 Å². The van der Waals surface area contributed by atoms with Crippen LogP contribution < -0.4 is 9.62 Å². The Morgan fingerprint density at radius 2 is 1.68 bits per heavy atom. The summed E-state index contributed by atoms with van der Waals surface area (Å²) in [6.07, 6.45) is 1.53. The topological polar surface area (TPSA) is 86.8 Å². The van der Waals surface area contributed by atoms with Gasteiger partial charge in [-0.2, -0.15) is 0 Å². The quantitative estimate of drug-likeness (QED) is 0.584. The van der Waals surface area contributed by atoms with Crippen molar-refractivity contribution in [2.45, 2.75) is 32.4 Å². The van der Waals surface area contributed by atoms with E-state index in [1.165, 1.54) is 16.3 Å². The van der Waals surface area contributed by atoms with Crippen molar-refractivity contribution in [3.8, 4) is 0 Å². The van der Waals surface area contributed by atoms with Gasteiger partial charge < -0.3 is 10.2 Å². The van der Waals surface area contributed by atoms with Gasteiger partial charge in [0, 0.05) is 31.6 Å². The average Bonchev–Trinajstić information content (AvgIpc) is 2.74. The van der Waals surface area contributed by atoms with Crippen molar-refractivity contribution in [3.05, 3.63) is 65.2 Å². The van der Waals surface area contributed by atoms with Crippen LogP contribution in [0, 0.1) is 0 Å². The fraction of sp³-hybridized carbons (Fsp3) is 0.364. The minimum atomic E-state index is -3.50. The maximum Gasteiger partial charge on any atom is 0.242 e. The van der Waals surface area contributed by atoms with Gasteiger partial charge in [-0.25, -0.2) is 8.42 Å². The molecule has 1 unspecified atom stereocenters. The van der Waals surface area contributed by atoms with E-state index < -0.39 is 16.1 Å². The van der Waals surface area contributed by atoms with E-state index >= 15 is 0 Å². The number of halogens is 1. The van der Waals surface area contributed by atoms with Gasteiger partial charge in [-0.3, -0.25) is 13.9 Å². The van der Waals surface area contributed by atoms with Gasteiger partial charge >= 0.3 is 0 Å². The number of nitrogens with one attached hydrogen (secondary N) is 1. The van der Waals surface area contributed by atoms with Gasteiger partial charge in [-0.15, -0.1) is 0 Å². The molecule has 168 valence electrons. The van der Waals surface area contributed by atoms with Gasteiger partial charge in [0.15, 0.2) is 0 Å². The van der Waals surface area contributed by atoms with Crippen molar-refractivity contribution < 1.29 is 18.0 Å². The van der Waals surface area contributed by atoms with Crippen LogP contribution in [0.15, 0.2) is 54.6 Å². The molecule has 0 spiro atoms. The predicted octanol–water partition coefficient (Wildman–Crippen LogP) is 3.05. The summed E-state index contributed by atoms with van der Waals surface area (Å²) in [5, 5.41) is 3.07. The molecule has 1 N–H and O–H groups in total. The first-order valence-corrected chi connectivity index (χ1v) is 12.1. The third-order valence-electron chi connectivity index (χ3n) is 4.91. The van der Waals surface area contributed by atoms with Crippen LogP contribution in [0.5, 0.6) is 0 Å². The molecule has 7 nitrogen and oxygen atoms in total. The van der Waals surface area contributed by atoms with Crippen LogP contribution in [0.2, 0.25) is 5.02 Å². The van der Waals surface area contributed by atoms with Crippen LogP contribution in [0.1, 0.15) is 25.3 Å². The Morgan fingerprint density at radius 3 is 2.26 bits per heavy atom. The molecule has 2 aromatic carbocycles. The molecule has 2 amide bonds. The lowest BCUT2D eigenvalue weighted by atomic mass is 10.1. The first-order chi connectivity index (χ1) is 14.6. The largest absolute Gasteiger partial charge is 0.357 e. The molecule has 0 saturated carbocycles. The molecule has 0 radical (unpaired) electrons. The number of carbonyl (C=O) groups excluding carboxylic acids is 2. The summed E-state index contributed by atoms with van der Waals surface area (Å²) >= 11 is 6.24. The standard InChI is InChI=1S/C22H28ClN3O4S/c1-17(22(28)24-2)25(16-18-10-7-8-13-20(18)23)21(27)14-9-15-26(31(3,29)30)19-11-5-4-6-12-19/h4-8,10-13,17H,9,14-16H2,1-3H3,(H,24,28). The molecule has 2 aromatic rings. The molecule has 31 heavy (non-hydrogen) atoms. The van der Waals surface area contributed by atoms with Gasteiger partial charge in [0.1, 0.15) is 6.04 Å². The number of carbonyl (C=O) groups is 2. The minimum absolute atomic E-state index is 0.0879. The number of nitrogens with zero attached hydrogens (tertiary/aromatic N) is 2. The normalized spacial score (nSPS) is 12.1. The van der Waals surface area contributed by atoms with E-state index in [1.54, 1.807) is 55.5 Å². The zero-order valence-corrected chi connectivity index (χ0v) is 19.5. The van der Waals surface area contributed by atoms with E-state index in [4.69, 9.17) is 11.6 Å². The molecule has 0 aliphatic rings. The van der Waals surface area contributed by atoms with Gasteiger partial charge in [-0.05, 0) is 37.1 Å². The van der Waals surface area contributed by atoms with E-state index in [0.29, 0.717) is 17.1 Å². The van der Waals surface area contributed by atoms with Crippen molar-refractivity contribution in [2.24, 2.45) is 0 Å². The van der Waals surface area contributed by atoms with Crippen molar-refractivity contribution in [1.82, 2.24) is 10.2 Å². The average molecular weight is 466 g/mol. The SMILES string of the molecule is CNC(=O)C(C)N(Cc1ccccc1Cl)C(=O)CCCN(c1ccccc1)S(C)(=O)=O. The van der Waals surface area contributed by atoms with Crippen LogP contribution in [0.3, 0.4) is 0 Å². The smallest absolute Gasteiger partial charge is 0.242 e. The van der Waals surface area contributed by atoms with Crippen LogP contribution in [0.25, 0.3) is 0 Å². The Bertz CT molecular complexity index is 999. The van der Waals surface area contributed by atoms with Gasteiger partial charge in [-0.1, -0.05) is 48.0 Å². The van der Waals surface area contributed by atoms with Crippen LogP contribution in [0.4, 0.5) is 5.69 Å². The molecule has 0 heterocycles. The lowest BCUT2D eigenvalue weighted by Gasteiger charge is -2.29. The second-order valence-corrected chi connectivity index (χ2v) is 9.49. The lowest BCUT2D eigenvalue weighted by Crippen LogP contribution is -2.46. The van der Waals surface area contributed by atoms with E-state index in [-0.39, 0.29) is 31.3 Å². The summed E-state index contributed by atoms with van der Waals surface area (Å²) < 4.78 is 25.7. The first-order valence-electron chi connectivity index (χ1n) is 9.92. The second-order valence-electron chi connectivity index (χ2n) is 7.18. The number of likely N-dealkylation sites (N-methyl/N-ethyl adjacent to an activating group) is 1. The number of hydrogen-bond donors (Lipinski definition) is 1. The van der Waals surface area contributed by atoms with Crippen molar-refractivity contribution >= 4 is 39.1 Å². The third-order valence-corrected chi connectivity index (χ3v) is 6.47. The molecule has 0 aliphatic carbocycles. The molecule has 0 aliphatic heterocycles. The summed E-state index contributed by atoms with van der Waals surface area (Å²) in [6, 6.07) is 15.2. The maximum atomic E-state index is 13.0. The van der Waals surface area contributed by atoms with E-state index in [2.05, 4.69) is 5.32 Å². The van der Waals surface area contributed by atoms with Gasteiger partial charge in [0.2, 0.25) is 21.8 Å². The Morgan fingerprint density at radius 1 is 1.06 bits per heavy atom. The van der Waals surface area contributed by atoms with E-state index in [9.17, 15) is 18.0 Å². The molecule has 0 aromatic heterocycles. The Balaban J connectivity index is 2.13. The van der Waals surface area contributed by atoms with Gasteiger partial charge in [0.25, 0.3) is 0 Å². The Kier molecular flexibility index (Phi) is 8.88. The van der Waals surface area contributed by atoms with E-state index in [0.717, 1.165) is 11.8 Å². The zero-order chi connectivity index (χ0) is 23.0. The lowest BCUT2D eigenvalue weighted by molar-refractivity contribution is -0.140. The molecule has 9 heteroatoms. The van der Waals surface area contributed by atoms with Crippen molar-refractivity contribution in [2.75, 3.05) is 24.2 Å². The molecule has 2 rings (SSSR count). The van der Waals surface area contributed by atoms with Crippen LogP contribution in [-0.4, -0.2) is 51.0 Å². The number of benzene rings is 2. The molecule has 0 saturated heterocycles. The van der Waals surface area contributed by atoms with Crippen molar-refractivity contribution in [1.29, 1.82) is 0 Å². The molecule has 0 bridgehead atoms. The second kappa shape index (κ2) is 11.2. The Hall–Kier alpha value is -2.58. The van der Waals surface area contributed by atoms with Crippen LogP contribution >= 0.6 is 11.6 Å². The summed E-state index contributed by atoms with van der Waals surface area (Å²) in [4.78, 5) is 26.7. The summed E-state index contributed by atoms with van der Waals surface area (Å²) in [5.74, 6) is -0.542. The summed E-state index contributed by atoms with van der Waals surface area (Å²) in [6.45, 7) is 1.99. The number of amides is 2. The van der Waals surface area contributed by atoms with Gasteiger partial charge in [0.05, 0.1) is 11.9 Å². The number of rotatable bonds is 10. The van der Waals surface area contributed by atoms with E-state index in [1.807, 2.05) is 6.07 Å². The maximum absolute atomic E-state index is 13.0. The highest BCUT2D eigenvalue weighted by Crippen LogP contribution is 2.21. The van der Waals surface area contributed by atoms with Crippen LogP contribution in [-0.2, 0) is 26.2 Å². The number of anilines is 1. The monoisotopic (exact) mass is 465 g/mol. The highest BCUT2D eigenvalue weighted by Gasteiger charge is 2.26. The number of hydrogen-bond acceptors (Lipinski definition) is 4. The summed E-state index contributed by atoms with van der Waals surface area (Å²) in [7, 11) is -1.98. The molecule has 0 fully saturated rings. The fourth-order valence-corrected chi connectivity index (χ4v) is 4.36. The molecular formula is C22H28ClN3O4S. The fourth-order valence-electron chi connectivity index (χ4n) is 3.20. The number of para-hydroxylation sites is 1. The minimum Gasteiger partial charge on any atom is -0.357 e. The third kappa shape index (κ3) is 6.97. The predicted molar refractivity (Wildman–Crippen MR) is 123 cm³/mol. The highest BCUT2D eigenvalue weighted by atomic mass is 35.5. The highest BCUT2D eigenvalue weighted by molar-refractivity contribution is 7.92. The molecule has 1 atom stereocenters. The zero-order valence-electron chi connectivity index (χ0n) is 17.9. The first kappa shape index (κ1) is 24.7.